The Labute approximate surface area is 115 Å². The molecular weight excluding hydrogens is 348 g/mol. The van der Waals surface area contributed by atoms with Crippen LogP contribution in [0.1, 0.15) is 11.6 Å². The first-order chi connectivity index (χ1) is 8.16. The van der Waals surface area contributed by atoms with Crippen molar-refractivity contribution in [3.05, 3.63) is 51.2 Å². The first-order valence-electron chi connectivity index (χ1n) is 5.09. The number of halogens is 2. The van der Waals surface area contributed by atoms with E-state index in [2.05, 4.69) is 37.2 Å². The van der Waals surface area contributed by atoms with Crippen molar-refractivity contribution in [3.8, 4) is 0 Å². The van der Waals surface area contributed by atoms with Gasteiger partial charge < -0.3 is 9.88 Å². The van der Waals surface area contributed by atoms with Gasteiger partial charge in [-0.15, -0.1) is 0 Å². The second kappa shape index (κ2) is 3.99. The fourth-order valence-corrected chi connectivity index (χ4v) is 3.45. The molecule has 1 amide bonds. The summed E-state index contributed by atoms with van der Waals surface area (Å²) in [5.41, 5.74) is 1.84. The lowest BCUT2D eigenvalue weighted by atomic mass is 10.1. The van der Waals surface area contributed by atoms with Crippen LogP contribution >= 0.6 is 31.9 Å². The molecule has 1 unspecified atom stereocenters. The highest BCUT2D eigenvalue weighted by molar-refractivity contribution is 9.11. The number of carbonyl (C=O) groups excluding carboxylic acids is 1. The second-order valence-corrected chi connectivity index (χ2v) is 5.64. The number of aromatic nitrogens is 1. The maximum Gasteiger partial charge on any atom is 0.252 e. The molecule has 0 fully saturated rings. The van der Waals surface area contributed by atoms with Crippen LogP contribution in [0.15, 0.2) is 45.6 Å². The van der Waals surface area contributed by atoms with Crippen molar-refractivity contribution in [2.45, 2.75) is 6.04 Å². The number of hydrogen-bond acceptors (Lipinski definition) is 1. The van der Waals surface area contributed by atoms with Crippen molar-refractivity contribution < 1.29 is 4.79 Å². The third-order valence-corrected chi connectivity index (χ3v) is 3.89. The van der Waals surface area contributed by atoms with Gasteiger partial charge in [0.05, 0.1) is 5.69 Å². The molecule has 5 heteroatoms. The second-order valence-electron chi connectivity index (χ2n) is 3.87. The summed E-state index contributed by atoms with van der Waals surface area (Å²) in [5, 5.41) is 2.90. The van der Waals surface area contributed by atoms with Crippen molar-refractivity contribution >= 4 is 43.5 Å². The van der Waals surface area contributed by atoms with Crippen LogP contribution in [-0.4, -0.2) is 10.5 Å². The summed E-state index contributed by atoms with van der Waals surface area (Å²) in [7, 11) is 0. The van der Waals surface area contributed by atoms with Crippen LogP contribution < -0.4 is 5.32 Å². The number of rotatable bonds is 1. The molecule has 86 valence electrons. The summed E-state index contributed by atoms with van der Waals surface area (Å²) >= 11 is 6.91. The van der Waals surface area contributed by atoms with E-state index in [1.807, 2.05) is 41.2 Å². The van der Waals surface area contributed by atoms with E-state index in [1.165, 1.54) is 0 Å². The van der Waals surface area contributed by atoms with Crippen molar-refractivity contribution in [2.24, 2.45) is 0 Å². The molecule has 0 bridgehead atoms. The lowest BCUT2D eigenvalue weighted by Gasteiger charge is -2.11. The van der Waals surface area contributed by atoms with Crippen molar-refractivity contribution in [1.82, 2.24) is 4.57 Å². The molecule has 0 saturated heterocycles. The van der Waals surface area contributed by atoms with Crippen LogP contribution in [0.2, 0.25) is 0 Å². The van der Waals surface area contributed by atoms with Crippen LogP contribution in [0.25, 0.3) is 0 Å². The van der Waals surface area contributed by atoms with E-state index >= 15 is 0 Å². The number of fused-ring (bicyclic) bond motifs is 1. The van der Waals surface area contributed by atoms with E-state index in [9.17, 15) is 4.79 Å². The molecule has 2 aromatic rings. The molecule has 3 rings (SSSR count). The van der Waals surface area contributed by atoms with Crippen LogP contribution in [0.5, 0.6) is 0 Å². The van der Waals surface area contributed by atoms with Gasteiger partial charge in [0.15, 0.2) is 0 Å². The first-order valence-corrected chi connectivity index (χ1v) is 6.67. The Balaban J connectivity index is 2.19. The van der Waals surface area contributed by atoms with Gasteiger partial charge in [0, 0.05) is 26.9 Å². The van der Waals surface area contributed by atoms with Crippen molar-refractivity contribution in [3.63, 3.8) is 0 Å². The minimum atomic E-state index is -0.284. The number of benzene rings is 1. The van der Waals surface area contributed by atoms with E-state index in [1.54, 1.807) is 0 Å². The van der Waals surface area contributed by atoms with E-state index in [0.29, 0.717) is 0 Å². The lowest BCUT2D eigenvalue weighted by Crippen LogP contribution is -2.18. The average Bonchev–Trinajstić information content (AvgIpc) is 2.84. The van der Waals surface area contributed by atoms with Gasteiger partial charge >= 0.3 is 0 Å². The molecule has 1 aromatic carbocycles. The van der Waals surface area contributed by atoms with Crippen LogP contribution in [0.4, 0.5) is 5.69 Å². The molecule has 0 radical (unpaired) electrons. The fourth-order valence-electron chi connectivity index (χ4n) is 2.09. The van der Waals surface area contributed by atoms with E-state index < -0.39 is 0 Å². The maximum absolute atomic E-state index is 12.0. The molecule has 0 spiro atoms. The fraction of sp³-hybridized carbons (Fsp3) is 0.0833. The zero-order valence-corrected chi connectivity index (χ0v) is 11.8. The molecule has 1 aliphatic rings. The maximum atomic E-state index is 12.0. The van der Waals surface area contributed by atoms with Crippen LogP contribution in [-0.2, 0) is 4.79 Å². The van der Waals surface area contributed by atoms with E-state index in [-0.39, 0.29) is 11.9 Å². The summed E-state index contributed by atoms with van der Waals surface area (Å²) < 4.78 is 3.75. The standard InChI is InChI=1S/C12H8Br2N2O/c13-7-5-8-10(9(14)6-7)15-12(17)11(8)16-3-1-2-4-16/h1-6,11H,(H,15,17). The summed E-state index contributed by atoms with van der Waals surface area (Å²) in [6.45, 7) is 0. The number of carbonyl (C=O) groups is 1. The summed E-state index contributed by atoms with van der Waals surface area (Å²) in [5.74, 6) is -0.00463. The van der Waals surface area contributed by atoms with Crippen molar-refractivity contribution in [1.29, 1.82) is 0 Å². The molecule has 0 aliphatic carbocycles. The number of nitrogens with zero attached hydrogens (tertiary/aromatic N) is 1. The van der Waals surface area contributed by atoms with Crippen LogP contribution in [0.3, 0.4) is 0 Å². The summed E-state index contributed by atoms with van der Waals surface area (Å²) in [6, 6.07) is 7.45. The van der Waals surface area contributed by atoms with Gasteiger partial charge in [-0.05, 0) is 40.2 Å². The normalized spacial score (nSPS) is 18.0. The van der Waals surface area contributed by atoms with Gasteiger partial charge in [-0.3, -0.25) is 4.79 Å². The van der Waals surface area contributed by atoms with E-state index in [4.69, 9.17) is 0 Å². The van der Waals surface area contributed by atoms with Gasteiger partial charge in [0.25, 0.3) is 5.91 Å². The minimum Gasteiger partial charge on any atom is -0.338 e. The Kier molecular flexibility index (Phi) is 2.60. The van der Waals surface area contributed by atoms with Gasteiger partial charge in [-0.1, -0.05) is 15.9 Å². The molecule has 17 heavy (non-hydrogen) atoms. The number of amides is 1. The van der Waals surface area contributed by atoms with Gasteiger partial charge in [0.1, 0.15) is 6.04 Å². The zero-order chi connectivity index (χ0) is 12.0. The Morgan fingerprint density at radius 3 is 2.59 bits per heavy atom. The molecule has 2 heterocycles. The lowest BCUT2D eigenvalue weighted by molar-refractivity contribution is -0.117. The van der Waals surface area contributed by atoms with E-state index in [0.717, 1.165) is 20.2 Å². The average molecular weight is 356 g/mol. The highest BCUT2D eigenvalue weighted by Crippen LogP contribution is 2.40. The summed E-state index contributed by atoms with van der Waals surface area (Å²) in [4.78, 5) is 12.0. The quantitative estimate of drug-likeness (QED) is 0.833. The van der Waals surface area contributed by atoms with Gasteiger partial charge in [-0.25, -0.2) is 0 Å². The Morgan fingerprint density at radius 1 is 1.18 bits per heavy atom. The highest BCUT2D eigenvalue weighted by Gasteiger charge is 2.33. The molecule has 0 saturated carbocycles. The molecule has 1 aliphatic heterocycles. The number of anilines is 1. The Hall–Kier alpha value is -1.07. The largest absolute Gasteiger partial charge is 0.338 e. The molecule has 1 N–H and O–H groups in total. The monoisotopic (exact) mass is 354 g/mol. The number of hydrogen-bond donors (Lipinski definition) is 1. The first kappa shape index (κ1) is 11.0. The molecule has 1 atom stereocenters. The zero-order valence-electron chi connectivity index (χ0n) is 8.65. The van der Waals surface area contributed by atoms with Crippen molar-refractivity contribution in [2.75, 3.05) is 5.32 Å². The third kappa shape index (κ3) is 1.73. The third-order valence-electron chi connectivity index (χ3n) is 2.80. The molecule has 3 nitrogen and oxygen atoms in total. The predicted molar refractivity (Wildman–Crippen MR) is 73.0 cm³/mol. The van der Waals surface area contributed by atoms with Crippen LogP contribution in [0, 0.1) is 0 Å². The SMILES string of the molecule is O=C1Nc2c(Br)cc(Br)cc2C1n1cccc1. The Morgan fingerprint density at radius 2 is 1.88 bits per heavy atom. The van der Waals surface area contributed by atoms with Gasteiger partial charge in [-0.2, -0.15) is 0 Å². The smallest absolute Gasteiger partial charge is 0.252 e. The molecule has 1 aromatic heterocycles. The highest BCUT2D eigenvalue weighted by atomic mass is 79.9. The van der Waals surface area contributed by atoms with Gasteiger partial charge in [0.2, 0.25) is 0 Å². The summed E-state index contributed by atoms with van der Waals surface area (Å²) in [6.07, 6.45) is 3.79. The minimum absolute atomic E-state index is 0.00463. The molecular formula is C12H8Br2N2O. The topological polar surface area (TPSA) is 34.0 Å². The Bertz CT molecular complexity index is 593. The number of nitrogens with one attached hydrogen (secondary N) is 1. The predicted octanol–water partition coefficient (Wildman–Crippen LogP) is 3.55.